The highest BCUT2D eigenvalue weighted by atomic mass is 32.2. The number of benzene rings is 1. The van der Waals surface area contributed by atoms with Crippen LogP contribution in [0.2, 0.25) is 0 Å². The summed E-state index contributed by atoms with van der Waals surface area (Å²) in [5.41, 5.74) is 0.989. The van der Waals surface area contributed by atoms with Gasteiger partial charge >= 0.3 is 0 Å². The van der Waals surface area contributed by atoms with Crippen molar-refractivity contribution in [2.75, 3.05) is 6.26 Å². The first-order valence-electron chi connectivity index (χ1n) is 4.16. The van der Waals surface area contributed by atoms with Crippen molar-refractivity contribution >= 4 is 45.8 Å². The Labute approximate surface area is 96.6 Å². The lowest BCUT2D eigenvalue weighted by atomic mass is 10.2. The molecule has 0 radical (unpaired) electrons. The quantitative estimate of drug-likeness (QED) is 0.622. The smallest absolute Gasteiger partial charge is 0.0742 e. The van der Waals surface area contributed by atoms with E-state index >= 15 is 0 Å². The van der Waals surface area contributed by atoms with Crippen molar-refractivity contribution in [2.45, 2.75) is 15.7 Å². The zero-order valence-corrected chi connectivity index (χ0v) is 10.2. The Kier molecular flexibility index (Phi) is 3.07. The molecule has 0 aliphatic rings. The number of hydrogen-bond acceptors (Lipinski definition) is 4. The predicted octanol–water partition coefficient (Wildman–Crippen LogP) is 3.40. The average molecular weight is 242 g/mol. The van der Waals surface area contributed by atoms with Crippen LogP contribution in [0.3, 0.4) is 0 Å². The Morgan fingerprint density at radius 3 is 2.93 bits per heavy atom. The van der Waals surface area contributed by atoms with E-state index in [4.69, 9.17) is 0 Å². The minimum Gasteiger partial charge on any atom is -0.392 e. The van der Waals surface area contributed by atoms with Gasteiger partial charge in [-0.3, -0.25) is 0 Å². The number of thioether (sulfide) groups is 1. The highest BCUT2D eigenvalue weighted by Crippen LogP contribution is 2.40. The highest BCUT2D eigenvalue weighted by molar-refractivity contribution is 8.01. The van der Waals surface area contributed by atoms with E-state index in [0.29, 0.717) is 0 Å². The molecule has 0 aliphatic heterocycles. The van der Waals surface area contributed by atoms with Crippen LogP contribution in [0.5, 0.6) is 0 Å². The number of aliphatic hydroxyl groups excluding tert-OH is 1. The molecule has 74 valence electrons. The highest BCUT2D eigenvalue weighted by Gasteiger charge is 2.10. The fraction of sp³-hybridized carbons (Fsp3) is 0.200. The number of rotatable bonds is 2. The molecule has 2 rings (SSSR count). The van der Waals surface area contributed by atoms with Gasteiger partial charge in [-0.25, -0.2) is 0 Å². The standard InChI is InChI=1S/C10H10OS3/c1-13-10-8(12)7-4-2-3-6(5-11)9(7)14-10/h2-4,11-12H,5H2,1H3. The Bertz CT molecular complexity index is 462. The molecule has 2 aromatic rings. The van der Waals surface area contributed by atoms with Crippen molar-refractivity contribution in [1.29, 1.82) is 0 Å². The van der Waals surface area contributed by atoms with Crippen molar-refractivity contribution in [1.82, 2.24) is 0 Å². The van der Waals surface area contributed by atoms with Crippen molar-refractivity contribution in [3.8, 4) is 0 Å². The summed E-state index contributed by atoms with van der Waals surface area (Å²) in [6.07, 6.45) is 2.04. The van der Waals surface area contributed by atoms with Crippen LogP contribution < -0.4 is 0 Å². The Balaban J connectivity index is 2.77. The van der Waals surface area contributed by atoms with Gasteiger partial charge in [0, 0.05) is 15.0 Å². The van der Waals surface area contributed by atoms with E-state index < -0.39 is 0 Å². The summed E-state index contributed by atoms with van der Waals surface area (Å²) in [4.78, 5) is 1.04. The molecule has 0 fully saturated rings. The van der Waals surface area contributed by atoms with Gasteiger partial charge in [0.2, 0.25) is 0 Å². The molecular formula is C10H10OS3. The van der Waals surface area contributed by atoms with Crippen LogP contribution in [0, 0.1) is 0 Å². The summed E-state index contributed by atoms with van der Waals surface area (Å²) >= 11 is 7.89. The SMILES string of the molecule is CSc1sc2c(CO)cccc2c1S. The second kappa shape index (κ2) is 4.14. The number of thiol groups is 1. The zero-order valence-electron chi connectivity index (χ0n) is 7.65. The van der Waals surface area contributed by atoms with Crippen molar-refractivity contribution in [3.05, 3.63) is 23.8 Å². The van der Waals surface area contributed by atoms with E-state index in [9.17, 15) is 5.11 Å². The third-order valence-electron chi connectivity index (χ3n) is 2.10. The molecule has 0 bridgehead atoms. The van der Waals surface area contributed by atoms with Gasteiger partial charge in [-0.1, -0.05) is 18.2 Å². The zero-order chi connectivity index (χ0) is 10.1. The van der Waals surface area contributed by atoms with E-state index in [2.05, 4.69) is 12.6 Å². The van der Waals surface area contributed by atoms with E-state index in [1.165, 1.54) is 4.21 Å². The first-order chi connectivity index (χ1) is 6.77. The summed E-state index contributed by atoms with van der Waals surface area (Å²) in [6.45, 7) is 0.0961. The molecule has 0 saturated carbocycles. The summed E-state index contributed by atoms with van der Waals surface area (Å²) in [6, 6.07) is 5.97. The molecule has 1 nitrogen and oxygen atoms in total. The first kappa shape index (κ1) is 10.4. The van der Waals surface area contributed by atoms with Crippen LogP contribution >= 0.6 is 35.7 Å². The molecule has 0 unspecified atom stereocenters. The number of fused-ring (bicyclic) bond motifs is 1. The molecular weight excluding hydrogens is 232 g/mol. The average Bonchev–Trinajstić information content (AvgIpc) is 2.55. The molecule has 1 heterocycles. The summed E-state index contributed by atoms with van der Waals surface area (Å²) in [7, 11) is 0. The van der Waals surface area contributed by atoms with E-state index in [1.807, 2.05) is 24.5 Å². The maximum atomic E-state index is 9.18. The Morgan fingerprint density at radius 1 is 1.50 bits per heavy atom. The Hall–Kier alpha value is -0.160. The molecule has 0 spiro atoms. The van der Waals surface area contributed by atoms with Gasteiger partial charge in [0.05, 0.1) is 10.8 Å². The maximum absolute atomic E-state index is 9.18. The second-order valence-corrected chi connectivity index (χ2v) is 5.44. The lowest BCUT2D eigenvalue weighted by Gasteiger charge is -1.96. The van der Waals surface area contributed by atoms with Crippen molar-refractivity contribution < 1.29 is 5.11 Å². The molecule has 0 saturated heterocycles. The minimum atomic E-state index is 0.0961. The lowest BCUT2D eigenvalue weighted by Crippen LogP contribution is -1.80. The summed E-state index contributed by atoms with van der Waals surface area (Å²) in [5, 5.41) is 10.3. The van der Waals surface area contributed by atoms with Crippen LogP contribution in [0.25, 0.3) is 10.1 Å². The molecule has 1 N–H and O–H groups in total. The molecule has 0 atom stereocenters. The van der Waals surface area contributed by atoms with E-state index in [-0.39, 0.29) is 6.61 Å². The van der Waals surface area contributed by atoms with Gasteiger partial charge in [-0.15, -0.1) is 35.7 Å². The van der Waals surface area contributed by atoms with Crippen molar-refractivity contribution in [2.24, 2.45) is 0 Å². The minimum absolute atomic E-state index is 0.0961. The second-order valence-electron chi connectivity index (χ2n) is 2.89. The van der Waals surface area contributed by atoms with Crippen LogP contribution in [0.15, 0.2) is 27.3 Å². The van der Waals surface area contributed by atoms with Crippen LogP contribution in [-0.2, 0) is 6.61 Å². The van der Waals surface area contributed by atoms with E-state index in [0.717, 1.165) is 20.5 Å². The van der Waals surface area contributed by atoms with Gasteiger partial charge in [0.25, 0.3) is 0 Å². The van der Waals surface area contributed by atoms with Crippen LogP contribution in [0.1, 0.15) is 5.56 Å². The number of hydrogen-bond donors (Lipinski definition) is 2. The molecule has 1 aromatic carbocycles. The fourth-order valence-corrected chi connectivity index (χ4v) is 3.90. The van der Waals surface area contributed by atoms with Gasteiger partial charge in [0.1, 0.15) is 0 Å². The predicted molar refractivity (Wildman–Crippen MR) is 66.8 cm³/mol. The molecule has 0 aliphatic carbocycles. The van der Waals surface area contributed by atoms with Gasteiger partial charge in [0.15, 0.2) is 0 Å². The number of thiophene rings is 1. The summed E-state index contributed by atoms with van der Waals surface area (Å²) in [5.74, 6) is 0. The normalized spacial score (nSPS) is 11.1. The fourth-order valence-electron chi connectivity index (χ4n) is 1.41. The number of aliphatic hydroxyl groups is 1. The molecule has 1 aromatic heterocycles. The molecule has 0 amide bonds. The van der Waals surface area contributed by atoms with Gasteiger partial charge in [-0.2, -0.15) is 0 Å². The third kappa shape index (κ3) is 1.56. The Morgan fingerprint density at radius 2 is 2.29 bits per heavy atom. The van der Waals surface area contributed by atoms with Crippen LogP contribution in [0.4, 0.5) is 0 Å². The topological polar surface area (TPSA) is 20.2 Å². The van der Waals surface area contributed by atoms with Crippen molar-refractivity contribution in [3.63, 3.8) is 0 Å². The van der Waals surface area contributed by atoms with E-state index in [1.54, 1.807) is 23.1 Å². The molecule has 4 heteroatoms. The summed E-state index contributed by atoms with van der Waals surface area (Å²) < 4.78 is 2.37. The van der Waals surface area contributed by atoms with Gasteiger partial charge in [-0.05, 0) is 11.8 Å². The maximum Gasteiger partial charge on any atom is 0.0742 e. The first-order valence-corrected chi connectivity index (χ1v) is 6.65. The third-order valence-corrected chi connectivity index (χ3v) is 5.26. The molecule has 14 heavy (non-hydrogen) atoms. The monoisotopic (exact) mass is 242 g/mol. The largest absolute Gasteiger partial charge is 0.392 e. The van der Waals surface area contributed by atoms with Gasteiger partial charge < -0.3 is 5.11 Å². The van der Waals surface area contributed by atoms with Crippen LogP contribution in [-0.4, -0.2) is 11.4 Å². The lowest BCUT2D eigenvalue weighted by molar-refractivity contribution is 0.283.